The molecule has 58 valence electrons. The summed E-state index contributed by atoms with van der Waals surface area (Å²) in [7, 11) is 0. The molecule has 0 aromatic heterocycles. The Bertz CT molecular complexity index is 110. The minimum absolute atomic E-state index is 0.687. The molecule has 0 aromatic rings. The van der Waals surface area contributed by atoms with Crippen LogP contribution in [-0.4, -0.2) is 35.3 Å². The third kappa shape index (κ3) is 1.61. The summed E-state index contributed by atoms with van der Waals surface area (Å²) in [5.74, 6) is 1.29. The van der Waals surface area contributed by atoms with E-state index in [4.69, 9.17) is 0 Å². The van der Waals surface area contributed by atoms with Gasteiger partial charge in [0.25, 0.3) is 0 Å². The van der Waals surface area contributed by atoms with E-state index in [1.807, 2.05) is 11.8 Å². The first-order valence-corrected chi connectivity index (χ1v) is 5.65. The van der Waals surface area contributed by atoms with Crippen molar-refractivity contribution in [2.45, 2.75) is 9.96 Å². The lowest BCUT2D eigenvalue weighted by atomic mass is 10.3. The predicted octanol–water partition coefficient (Wildman–Crippen LogP) is 0.311. The first-order valence-electron chi connectivity index (χ1n) is 3.66. The Morgan fingerprint density at radius 1 is 1.40 bits per heavy atom. The summed E-state index contributed by atoms with van der Waals surface area (Å²) in [6.45, 7) is 3.62. The molecule has 0 radical (unpaired) electrons. The van der Waals surface area contributed by atoms with Gasteiger partial charge in [-0.3, -0.25) is 5.32 Å². The van der Waals surface area contributed by atoms with Gasteiger partial charge in [0.1, 0.15) is 4.71 Å². The van der Waals surface area contributed by atoms with Gasteiger partial charge in [0.05, 0.1) is 0 Å². The molecule has 2 N–H and O–H groups in total. The van der Waals surface area contributed by atoms with E-state index >= 15 is 0 Å². The van der Waals surface area contributed by atoms with Crippen molar-refractivity contribution < 1.29 is 0 Å². The number of rotatable bonds is 2. The number of hydrogen-bond donors (Lipinski definition) is 2. The van der Waals surface area contributed by atoms with Crippen molar-refractivity contribution in [2.75, 3.05) is 25.4 Å². The molecule has 0 bridgehead atoms. The van der Waals surface area contributed by atoms with Gasteiger partial charge in [-0.15, -0.1) is 23.5 Å². The largest absolute Gasteiger partial charge is 0.314 e. The fourth-order valence-corrected chi connectivity index (χ4v) is 3.77. The van der Waals surface area contributed by atoms with Crippen LogP contribution in [0.15, 0.2) is 0 Å². The van der Waals surface area contributed by atoms with Gasteiger partial charge in [-0.25, -0.2) is 0 Å². The molecule has 1 atom stereocenters. The summed E-state index contributed by atoms with van der Waals surface area (Å²) in [5.41, 5.74) is 0. The van der Waals surface area contributed by atoms with Crippen LogP contribution < -0.4 is 10.6 Å². The molecule has 0 spiro atoms. The first kappa shape index (κ1) is 7.28. The minimum Gasteiger partial charge on any atom is -0.314 e. The van der Waals surface area contributed by atoms with Crippen LogP contribution in [0.4, 0.5) is 0 Å². The fraction of sp³-hybridized carbons (Fsp3) is 1.00. The van der Waals surface area contributed by atoms with Crippen LogP contribution in [0.3, 0.4) is 0 Å². The summed E-state index contributed by atoms with van der Waals surface area (Å²) < 4.78 is 0.687. The van der Waals surface area contributed by atoms with Crippen LogP contribution in [0.2, 0.25) is 0 Å². The average Bonchev–Trinajstić information content (AvgIpc) is 2.29. The van der Waals surface area contributed by atoms with Crippen LogP contribution >= 0.6 is 23.5 Å². The van der Waals surface area contributed by atoms with Gasteiger partial charge in [-0.05, 0) is 0 Å². The summed E-state index contributed by atoms with van der Waals surface area (Å²) in [6.07, 6.45) is 0. The van der Waals surface area contributed by atoms with Crippen LogP contribution in [-0.2, 0) is 0 Å². The maximum absolute atomic E-state index is 3.45. The Morgan fingerprint density at radius 2 is 2.30 bits per heavy atom. The Hall–Kier alpha value is 0.620. The van der Waals surface area contributed by atoms with Crippen LogP contribution in [0, 0.1) is 0 Å². The zero-order valence-corrected chi connectivity index (χ0v) is 7.43. The summed E-state index contributed by atoms with van der Waals surface area (Å²) in [5, 5.41) is 7.61. The molecule has 0 saturated carbocycles. The van der Waals surface area contributed by atoms with E-state index in [1.54, 1.807) is 0 Å². The second-order valence-electron chi connectivity index (χ2n) is 2.57. The highest BCUT2D eigenvalue weighted by atomic mass is 32.2. The second-order valence-corrected chi connectivity index (χ2v) is 5.49. The highest BCUT2D eigenvalue weighted by Gasteiger charge is 2.24. The third-order valence-corrected chi connectivity index (χ3v) is 4.53. The molecule has 2 heterocycles. The van der Waals surface area contributed by atoms with Crippen molar-refractivity contribution in [3.63, 3.8) is 0 Å². The SMILES string of the molecule is C1CSC(SC2CNC2)N1. The van der Waals surface area contributed by atoms with E-state index in [9.17, 15) is 0 Å². The molecule has 10 heavy (non-hydrogen) atoms. The van der Waals surface area contributed by atoms with Gasteiger partial charge in [-0.2, -0.15) is 0 Å². The predicted molar refractivity (Wildman–Crippen MR) is 48.5 cm³/mol. The Labute approximate surface area is 69.9 Å². The van der Waals surface area contributed by atoms with Gasteiger partial charge >= 0.3 is 0 Å². The molecule has 2 aliphatic rings. The molecule has 2 saturated heterocycles. The molecule has 0 amide bonds. The van der Waals surface area contributed by atoms with E-state index in [0.29, 0.717) is 4.71 Å². The molecule has 1 unspecified atom stereocenters. The molecule has 2 fully saturated rings. The zero-order valence-electron chi connectivity index (χ0n) is 5.80. The maximum atomic E-state index is 3.45. The van der Waals surface area contributed by atoms with Crippen molar-refractivity contribution >= 4 is 23.5 Å². The highest BCUT2D eigenvalue weighted by molar-refractivity contribution is 8.17. The van der Waals surface area contributed by atoms with E-state index in [1.165, 1.54) is 25.4 Å². The zero-order chi connectivity index (χ0) is 6.81. The third-order valence-electron chi connectivity index (χ3n) is 1.74. The van der Waals surface area contributed by atoms with E-state index in [2.05, 4.69) is 22.4 Å². The summed E-state index contributed by atoms with van der Waals surface area (Å²) >= 11 is 4.13. The minimum atomic E-state index is 0.687. The van der Waals surface area contributed by atoms with E-state index < -0.39 is 0 Å². The van der Waals surface area contributed by atoms with Gasteiger partial charge in [0.15, 0.2) is 0 Å². The number of nitrogens with one attached hydrogen (secondary N) is 2. The van der Waals surface area contributed by atoms with Crippen LogP contribution in [0.5, 0.6) is 0 Å². The molecule has 4 heteroatoms. The normalized spacial score (nSPS) is 34.2. The number of thioether (sulfide) groups is 2. The lowest BCUT2D eigenvalue weighted by molar-refractivity contribution is 0.542. The molecule has 0 aromatic carbocycles. The molecule has 2 nitrogen and oxygen atoms in total. The van der Waals surface area contributed by atoms with Crippen LogP contribution in [0.25, 0.3) is 0 Å². The maximum Gasteiger partial charge on any atom is 0.101 e. The quantitative estimate of drug-likeness (QED) is 0.632. The Kier molecular flexibility index (Phi) is 2.43. The standard InChI is InChI=1S/C6H12N2S2/c1-2-9-6(8-1)10-5-3-7-4-5/h5-8H,1-4H2. The number of hydrogen-bond acceptors (Lipinski definition) is 4. The van der Waals surface area contributed by atoms with Crippen molar-refractivity contribution in [1.29, 1.82) is 0 Å². The van der Waals surface area contributed by atoms with Crippen molar-refractivity contribution in [2.24, 2.45) is 0 Å². The highest BCUT2D eigenvalue weighted by Crippen LogP contribution is 2.29. The molecular formula is C6H12N2S2. The Morgan fingerprint density at radius 3 is 2.80 bits per heavy atom. The van der Waals surface area contributed by atoms with Gasteiger partial charge in [0, 0.05) is 30.6 Å². The fourth-order valence-electron chi connectivity index (χ4n) is 1.02. The van der Waals surface area contributed by atoms with Crippen molar-refractivity contribution in [3.8, 4) is 0 Å². The van der Waals surface area contributed by atoms with Crippen molar-refractivity contribution in [3.05, 3.63) is 0 Å². The first-order chi connectivity index (χ1) is 4.95. The van der Waals surface area contributed by atoms with Crippen LogP contribution in [0.1, 0.15) is 0 Å². The van der Waals surface area contributed by atoms with E-state index in [0.717, 1.165) is 5.25 Å². The monoisotopic (exact) mass is 176 g/mol. The lowest BCUT2D eigenvalue weighted by Gasteiger charge is -2.28. The van der Waals surface area contributed by atoms with Crippen molar-refractivity contribution in [1.82, 2.24) is 10.6 Å². The van der Waals surface area contributed by atoms with E-state index in [-0.39, 0.29) is 0 Å². The molecule has 2 rings (SSSR count). The van der Waals surface area contributed by atoms with Gasteiger partial charge in [-0.1, -0.05) is 0 Å². The van der Waals surface area contributed by atoms with Gasteiger partial charge < -0.3 is 5.32 Å². The summed E-state index contributed by atoms with van der Waals surface area (Å²) in [4.78, 5) is 0. The Balaban J connectivity index is 1.68. The second kappa shape index (κ2) is 3.34. The molecule has 2 aliphatic heterocycles. The molecular weight excluding hydrogens is 164 g/mol. The topological polar surface area (TPSA) is 24.1 Å². The molecule has 0 aliphatic carbocycles. The smallest absolute Gasteiger partial charge is 0.101 e. The van der Waals surface area contributed by atoms with Gasteiger partial charge in [0.2, 0.25) is 0 Å². The lowest BCUT2D eigenvalue weighted by Crippen LogP contribution is -2.46. The average molecular weight is 176 g/mol. The summed E-state index contributed by atoms with van der Waals surface area (Å²) in [6, 6.07) is 0.